The summed E-state index contributed by atoms with van der Waals surface area (Å²) in [4.78, 5) is 1.05. The summed E-state index contributed by atoms with van der Waals surface area (Å²) in [6.45, 7) is 1.78. The summed E-state index contributed by atoms with van der Waals surface area (Å²) in [5.74, 6) is 0.778. The molecule has 0 fully saturated rings. The van der Waals surface area contributed by atoms with Crippen LogP contribution in [0.5, 0.6) is 5.75 Å². The highest BCUT2D eigenvalue weighted by Crippen LogP contribution is 2.30. The van der Waals surface area contributed by atoms with E-state index in [9.17, 15) is 5.11 Å². The second-order valence-electron chi connectivity index (χ2n) is 3.42. The average Bonchev–Trinajstić information content (AvgIpc) is 2.26. The third kappa shape index (κ3) is 2.87. The highest BCUT2D eigenvalue weighted by Gasteiger charge is 2.14. The monoisotopic (exact) mass is 227 g/mol. The smallest absolute Gasteiger partial charge is 0.132 e. The fourth-order valence-corrected chi connectivity index (χ4v) is 1.89. The van der Waals surface area contributed by atoms with Gasteiger partial charge in [-0.1, -0.05) is 6.07 Å². The number of ether oxygens (including phenoxy) is 1. The lowest BCUT2D eigenvalue weighted by atomic mass is 10.0. The Bertz CT molecular complexity index is 328. The molecule has 0 bridgehead atoms. The van der Waals surface area contributed by atoms with Gasteiger partial charge in [0.05, 0.1) is 13.2 Å². The molecule has 15 heavy (non-hydrogen) atoms. The van der Waals surface area contributed by atoms with E-state index in [1.807, 2.05) is 24.5 Å². The molecule has 0 saturated heterocycles. The molecule has 0 aromatic heterocycles. The second-order valence-corrected chi connectivity index (χ2v) is 4.27. The molecule has 2 atom stereocenters. The molecular formula is C11H17NO2S. The molecule has 0 spiro atoms. The molecule has 84 valence electrons. The van der Waals surface area contributed by atoms with Crippen molar-refractivity contribution in [3.05, 3.63) is 23.8 Å². The molecule has 1 aromatic rings. The zero-order chi connectivity index (χ0) is 11.4. The third-order valence-electron chi connectivity index (χ3n) is 2.25. The summed E-state index contributed by atoms with van der Waals surface area (Å²) in [5.41, 5.74) is 6.43. The highest BCUT2D eigenvalue weighted by molar-refractivity contribution is 7.98. The predicted octanol–water partition coefficient (Wildman–Crippen LogP) is 1.80. The minimum atomic E-state index is -0.644. The van der Waals surface area contributed by atoms with Crippen molar-refractivity contribution in [1.29, 1.82) is 0 Å². The van der Waals surface area contributed by atoms with Crippen molar-refractivity contribution in [2.24, 2.45) is 5.73 Å². The van der Waals surface area contributed by atoms with Gasteiger partial charge in [0.25, 0.3) is 0 Å². The van der Waals surface area contributed by atoms with Gasteiger partial charge in [-0.25, -0.2) is 0 Å². The number of benzene rings is 1. The van der Waals surface area contributed by atoms with Crippen LogP contribution in [0, 0.1) is 0 Å². The standard InChI is InChI=1S/C11H17NO2S/c1-7(12)11(13)8-4-5-10(15-3)9(6-8)14-2/h4-7,11,13H,12H2,1-3H3/t7-,11?/m1/s1. The van der Waals surface area contributed by atoms with E-state index in [1.165, 1.54) is 0 Å². The van der Waals surface area contributed by atoms with Gasteiger partial charge in [-0.05, 0) is 30.9 Å². The number of aliphatic hydroxyl groups is 1. The Morgan fingerprint density at radius 1 is 1.47 bits per heavy atom. The number of hydrogen-bond acceptors (Lipinski definition) is 4. The van der Waals surface area contributed by atoms with E-state index < -0.39 is 6.10 Å². The van der Waals surface area contributed by atoms with Gasteiger partial charge in [0, 0.05) is 10.9 Å². The first-order valence-electron chi connectivity index (χ1n) is 4.75. The van der Waals surface area contributed by atoms with Crippen molar-refractivity contribution >= 4 is 11.8 Å². The lowest BCUT2D eigenvalue weighted by Gasteiger charge is -2.16. The Morgan fingerprint density at radius 2 is 2.13 bits per heavy atom. The fourth-order valence-electron chi connectivity index (χ4n) is 1.34. The number of aliphatic hydroxyl groups excluding tert-OH is 1. The lowest BCUT2D eigenvalue weighted by molar-refractivity contribution is 0.153. The Morgan fingerprint density at radius 3 is 2.60 bits per heavy atom. The number of thioether (sulfide) groups is 1. The first kappa shape index (κ1) is 12.4. The van der Waals surface area contributed by atoms with Gasteiger partial charge in [-0.15, -0.1) is 11.8 Å². The molecule has 0 aliphatic rings. The normalized spacial score (nSPS) is 14.7. The molecule has 0 aliphatic carbocycles. The molecule has 0 saturated carbocycles. The number of rotatable bonds is 4. The van der Waals surface area contributed by atoms with Crippen LogP contribution in [0.4, 0.5) is 0 Å². The lowest BCUT2D eigenvalue weighted by Crippen LogP contribution is -2.24. The third-order valence-corrected chi connectivity index (χ3v) is 3.02. The van der Waals surface area contributed by atoms with E-state index in [2.05, 4.69) is 0 Å². The summed E-state index contributed by atoms with van der Waals surface area (Å²) >= 11 is 1.61. The van der Waals surface area contributed by atoms with Gasteiger partial charge in [0.2, 0.25) is 0 Å². The van der Waals surface area contributed by atoms with E-state index >= 15 is 0 Å². The average molecular weight is 227 g/mol. The van der Waals surface area contributed by atoms with Crippen molar-refractivity contribution in [2.75, 3.05) is 13.4 Å². The van der Waals surface area contributed by atoms with Gasteiger partial charge < -0.3 is 15.6 Å². The van der Waals surface area contributed by atoms with E-state index in [0.717, 1.165) is 16.2 Å². The molecule has 0 radical (unpaired) electrons. The molecule has 1 unspecified atom stereocenters. The molecule has 0 aliphatic heterocycles. The van der Waals surface area contributed by atoms with Crippen molar-refractivity contribution in [2.45, 2.75) is 24.0 Å². The molecular weight excluding hydrogens is 210 g/mol. The van der Waals surface area contributed by atoms with Crippen LogP contribution < -0.4 is 10.5 Å². The second kappa shape index (κ2) is 5.39. The Hall–Kier alpha value is -0.710. The van der Waals surface area contributed by atoms with Crippen LogP contribution in [0.2, 0.25) is 0 Å². The predicted molar refractivity (Wildman–Crippen MR) is 63.4 cm³/mol. The maximum Gasteiger partial charge on any atom is 0.132 e. The quantitative estimate of drug-likeness (QED) is 0.770. The van der Waals surface area contributed by atoms with Crippen molar-refractivity contribution < 1.29 is 9.84 Å². The highest BCUT2D eigenvalue weighted by atomic mass is 32.2. The number of hydrogen-bond donors (Lipinski definition) is 2. The van der Waals surface area contributed by atoms with Crippen LogP contribution >= 0.6 is 11.8 Å². The van der Waals surface area contributed by atoms with E-state index in [-0.39, 0.29) is 6.04 Å². The SMILES string of the molecule is COc1cc(C(O)[C@@H](C)N)ccc1SC. The molecule has 3 nitrogen and oxygen atoms in total. The number of methoxy groups -OCH3 is 1. The van der Waals surface area contributed by atoms with Gasteiger partial charge >= 0.3 is 0 Å². The van der Waals surface area contributed by atoms with Crippen LogP contribution in [0.25, 0.3) is 0 Å². The number of nitrogens with two attached hydrogens (primary N) is 1. The largest absolute Gasteiger partial charge is 0.496 e. The van der Waals surface area contributed by atoms with Gasteiger partial charge in [-0.2, -0.15) is 0 Å². The minimum absolute atomic E-state index is 0.283. The Kier molecular flexibility index (Phi) is 4.45. The summed E-state index contributed by atoms with van der Waals surface area (Å²) in [7, 11) is 1.62. The van der Waals surface area contributed by atoms with E-state index in [1.54, 1.807) is 25.8 Å². The summed E-state index contributed by atoms with van der Waals surface area (Å²) < 4.78 is 5.23. The Balaban J connectivity index is 3.02. The first-order valence-corrected chi connectivity index (χ1v) is 5.98. The summed E-state index contributed by atoms with van der Waals surface area (Å²) in [5, 5.41) is 9.79. The molecule has 1 aromatic carbocycles. The molecule has 0 heterocycles. The summed E-state index contributed by atoms with van der Waals surface area (Å²) in [6, 6.07) is 5.36. The molecule has 4 heteroatoms. The molecule has 3 N–H and O–H groups in total. The van der Waals surface area contributed by atoms with Gasteiger partial charge in [0.1, 0.15) is 5.75 Å². The van der Waals surface area contributed by atoms with Crippen LogP contribution in [0.3, 0.4) is 0 Å². The zero-order valence-corrected chi connectivity index (χ0v) is 10.0. The Labute approximate surface area is 94.6 Å². The van der Waals surface area contributed by atoms with Gasteiger partial charge in [0.15, 0.2) is 0 Å². The zero-order valence-electron chi connectivity index (χ0n) is 9.23. The van der Waals surface area contributed by atoms with Crippen LogP contribution in [-0.4, -0.2) is 24.5 Å². The fraction of sp³-hybridized carbons (Fsp3) is 0.455. The maximum atomic E-state index is 9.79. The molecule has 1 rings (SSSR count). The van der Waals surface area contributed by atoms with E-state index in [4.69, 9.17) is 10.5 Å². The first-order chi connectivity index (χ1) is 7.10. The van der Waals surface area contributed by atoms with Gasteiger partial charge in [-0.3, -0.25) is 0 Å². The van der Waals surface area contributed by atoms with Crippen LogP contribution in [0.15, 0.2) is 23.1 Å². The van der Waals surface area contributed by atoms with Crippen molar-refractivity contribution in [1.82, 2.24) is 0 Å². The minimum Gasteiger partial charge on any atom is -0.496 e. The van der Waals surface area contributed by atoms with Crippen molar-refractivity contribution in [3.8, 4) is 5.75 Å². The summed E-state index contributed by atoms with van der Waals surface area (Å²) in [6.07, 6.45) is 1.34. The van der Waals surface area contributed by atoms with Crippen LogP contribution in [-0.2, 0) is 0 Å². The van der Waals surface area contributed by atoms with Crippen LogP contribution in [0.1, 0.15) is 18.6 Å². The topological polar surface area (TPSA) is 55.5 Å². The van der Waals surface area contributed by atoms with E-state index in [0.29, 0.717) is 0 Å². The van der Waals surface area contributed by atoms with Crippen molar-refractivity contribution in [3.63, 3.8) is 0 Å². The molecule has 0 amide bonds. The maximum absolute atomic E-state index is 9.79.